The van der Waals surface area contributed by atoms with Crippen molar-refractivity contribution in [2.75, 3.05) is 19.7 Å². The van der Waals surface area contributed by atoms with Gasteiger partial charge in [0.1, 0.15) is 5.75 Å². The molecule has 0 aliphatic carbocycles. The van der Waals surface area contributed by atoms with Crippen molar-refractivity contribution in [2.24, 2.45) is 7.05 Å². The first-order chi connectivity index (χ1) is 13.4. The Morgan fingerprint density at radius 2 is 2.07 bits per heavy atom. The number of benzene rings is 2. The number of morpholine rings is 1. The van der Waals surface area contributed by atoms with Gasteiger partial charge in [-0.05, 0) is 35.4 Å². The van der Waals surface area contributed by atoms with Crippen LogP contribution in [-0.2, 0) is 18.3 Å². The lowest BCUT2D eigenvalue weighted by Gasteiger charge is -2.33. The third-order valence-corrected chi connectivity index (χ3v) is 4.81. The van der Waals surface area contributed by atoms with Crippen LogP contribution in [0.15, 0.2) is 48.8 Å². The van der Waals surface area contributed by atoms with Crippen LogP contribution in [0.1, 0.15) is 17.2 Å². The van der Waals surface area contributed by atoms with E-state index in [0.717, 1.165) is 28.7 Å². The molecule has 1 saturated heterocycles. The van der Waals surface area contributed by atoms with Gasteiger partial charge in [-0.25, -0.2) is 4.98 Å². The van der Waals surface area contributed by atoms with Crippen LogP contribution >= 0.6 is 0 Å². The second-order valence-corrected chi connectivity index (χ2v) is 6.89. The molecule has 0 unspecified atom stereocenters. The topological polar surface area (TPSA) is 39.5 Å². The Balaban J connectivity index is 1.46. The van der Waals surface area contributed by atoms with Crippen molar-refractivity contribution in [3.8, 4) is 5.75 Å². The average Bonchev–Trinajstić information content (AvgIpc) is 3.01. The van der Waals surface area contributed by atoms with Crippen LogP contribution in [0.3, 0.4) is 0 Å². The van der Waals surface area contributed by atoms with Gasteiger partial charge in [0.05, 0.1) is 30.1 Å². The van der Waals surface area contributed by atoms with Gasteiger partial charge in [-0.1, -0.05) is 18.2 Å². The zero-order chi connectivity index (χ0) is 19.7. The Hall–Kier alpha value is -2.58. The molecule has 2 aromatic carbocycles. The molecule has 1 aliphatic heterocycles. The summed E-state index contributed by atoms with van der Waals surface area (Å²) in [7, 11) is 1.95. The molecule has 2 heterocycles. The minimum Gasteiger partial charge on any atom is -0.406 e. The molecule has 28 heavy (non-hydrogen) atoms. The Morgan fingerprint density at radius 3 is 2.89 bits per heavy atom. The van der Waals surface area contributed by atoms with Crippen LogP contribution in [0, 0.1) is 0 Å². The molecular formula is C20H20F3N3O2. The van der Waals surface area contributed by atoms with E-state index in [9.17, 15) is 13.2 Å². The summed E-state index contributed by atoms with van der Waals surface area (Å²) in [6.07, 6.45) is -3.01. The Labute approximate surface area is 160 Å². The number of aromatic nitrogens is 2. The number of nitrogens with zero attached hydrogens (tertiary/aromatic N) is 3. The molecular weight excluding hydrogens is 371 g/mol. The molecule has 1 aliphatic rings. The van der Waals surface area contributed by atoms with E-state index in [0.29, 0.717) is 19.7 Å². The van der Waals surface area contributed by atoms with E-state index in [1.54, 1.807) is 18.5 Å². The quantitative estimate of drug-likeness (QED) is 0.673. The van der Waals surface area contributed by atoms with E-state index in [2.05, 4.69) is 20.7 Å². The first-order valence-corrected chi connectivity index (χ1v) is 8.97. The molecule has 1 aromatic heterocycles. The zero-order valence-electron chi connectivity index (χ0n) is 15.3. The van der Waals surface area contributed by atoms with E-state index in [1.165, 1.54) is 12.1 Å². The molecule has 1 fully saturated rings. The van der Waals surface area contributed by atoms with Crippen LogP contribution in [0.25, 0.3) is 11.0 Å². The van der Waals surface area contributed by atoms with E-state index in [-0.39, 0.29) is 11.9 Å². The summed E-state index contributed by atoms with van der Waals surface area (Å²) in [6.45, 7) is 2.47. The van der Waals surface area contributed by atoms with Crippen molar-refractivity contribution in [2.45, 2.75) is 19.0 Å². The summed E-state index contributed by atoms with van der Waals surface area (Å²) < 4.78 is 49.2. The van der Waals surface area contributed by atoms with Crippen LogP contribution < -0.4 is 4.74 Å². The molecule has 148 valence electrons. The summed E-state index contributed by atoms with van der Waals surface area (Å²) in [5.41, 5.74) is 3.80. The first-order valence-electron chi connectivity index (χ1n) is 8.97. The fourth-order valence-corrected chi connectivity index (χ4v) is 3.49. The summed E-state index contributed by atoms with van der Waals surface area (Å²) in [6, 6.07) is 12.2. The minimum atomic E-state index is -4.69. The minimum absolute atomic E-state index is 0.0948. The zero-order valence-corrected chi connectivity index (χ0v) is 15.3. The summed E-state index contributed by atoms with van der Waals surface area (Å²) in [5, 5.41) is 0. The van der Waals surface area contributed by atoms with Gasteiger partial charge in [0, 0.05) is 26.7 Å². The van der Waals surface area contributed by atoms with E-state index < -0.39 is 6.36 Å². The van der Waals surface area contributed by atoms with Gasteiger partial charge in [0.25, 0.3) is 0 Å². The van der Waals surface area contributed by atoms with Crippen molar-refractivity contribution in [3.63, 3.8) is 0 Å². The van der Waals surface area contributed by atoms with Crippen LogP contribution in [0.5, 0.6) is 5.75 Å². The molecule has 1 atom stereocenters. The fraction of sp³-hybridized carbons (Fsp3) is 0.350. The normalized spacial score (nSPS) is 18.5. The van der Waals surface area contributed by atoms with E-state index >= 15 is 0 Å². The highest BCUT2D eigenvalue weighted by Crippen LogP contribution is 2.27. The number of hydrogen-bond acceptors (Lipinski definition) is 4. The SMILES string of the molecule is Cn1cnc2ccc([C@@H]3CN(Cc4cccc(OC(F)(F)F)c4)CCO3)cc21. The molecule has 0 bridgehead atoms. The number of aryl methyl sites for hydroxylation is 1. The Kier molecular flexibility index (Phi) is 4.99. The van der Waals surface area contributed by atoms with Crippen LogP contribution in [0.4, 0.5) is 13.2 Å². The lowest BCUT2D eigenvalue weighted by molar-refractivity contribution is -0.274. The van der Waals surface area contributed by atoms with Crippen molar-refractivity contribution in [3.05, 3.63) is 59.9 Å². The molecule has 3 aromatic rings. The summed E-state index contributed by atoms with van der Waals surface area (Å²) >= 11 is 0. The van der Waals surface area contributed by atoms with Crippen molar-refractivity contribution in [1.29, 1.82) is 0 Å². The number of alkyl halides is 3. The number of rotatable bonds is 4. The molecule has 0 spiro atoms. The summed E-state index contributed by atoms with van der Waals surface area (Å²) in [5.74, 6) is -0.198. The van der Waals surface area contributed by atoms with Gasteiger partial charge in [0.2, 0.25) is 0 Å². The monoisotopic (exact) mass is 391 g/mol. The van der Waals surface area contributed by atoms with Gasteiger partial charge >= 0.3 is 6.36 Å². The first kappa shape index (κ1) is 18.8. The van der Waals surface area contributed by atoms with Gasteiger partial charge in [-0.3, -0.25) is 4.90 Å². The molecule has 8 heteroatoms. The average molecular weight is 391 g/mol. The lowest BCUT2D eigenvalue weighted by Crippen LogP contribution is -2.37. The van der Waals surface area contributed by atoms with Crippen molar-refractivity contribution < 1.29 is 22.6 Å². The summed E-state index contributed by atoms with van der Waals surface area (Å²) in [4.78, 5) is 6.50. The van der Waals surface area contributed by atoms with Crippen LogP contribution in [-0.4, -0.2) is 40.5 Å². The molecule has 4 rings (SSSR count). The second-order valence-electron chi connectivity index (χ2n) is 6.89. The largest absolute Gasteiger partial charge is 0.573 e. The smallest absolute Gasteiger partial charge is 0.406 e. The Morgan fingerprint density at radius 1 is 1.21 bits per heavy atom. The maximum atomic E-state index is 12.4. The molecule has 0 saturated carbocycles. The molecule has 0 radical (unpaired) electrons. The second kappa shape index (κ2) is 7.44. The highest BCUT2D eigenvalue weighted by molar-refractivity contribution is 5.76. The maximum Gasteiger partial charge on any atom is 0.573 e. The van der Waals surface area contributed by atoms with E-state index in [1.807, 2.05) is 23.7 Å². The predicted molar refractivity (Wildman–Crippen MR) is 97.8 cm³/mol. The molecule has 5 nitrogen and oxygen atoms in total. The molecule has 0 N–H and O–H groups in total. The van der Waals surface area contributed by atoms with Crippen LogP contribution in [0.2, 0.25) is 0 Å². The highest BCUT2D eigenvalue weighted by Gasteiger charge is 2.31. The number of hydrogen-bond donors (Lipinski definition) is 0. The number of imidazole rings is 1. The van der Waals surface area contributed by atoms with Crippen molar-refractivity contribution in [1.82, 2.24) is 14.5 Å². The predicted octanol–water partition coefficient (Wildman–Crippen LogP) is 4.05. The van der Waals surface area contributed by atoms with E-state index in [4.69, 9.17) is 4.74 Å². The number of halogens is 3. The Bertz CT molecular complexity index is 971. The van der Waals surface area contributed by atoms with Gasteiger partial charge < -0.3 is 14.0 Å². The third-order valence-electron chi connectivity index (χ3n) is 4.81. The molecule has 0 amide bonds. The lowest BCUT2D eigenvalue weighted by atomic mass is 10.1. The van der Waals surface area contributed by atoms with Crippen molar-refractivity contribution >= 4 is 11.0 Å². The highest BCUT2D eigenvalue weighted by atomic mass is 19.4. The van der Waals surface area contributed by atoms with Gasteiger partial charge in [-0.15, -0.1) is 13.2 Å². The maximum absolute atomic E-state index is 12.4. The third kappa shape index (κ3) is 4.28. The van der Waals surface area contributed by atoms with Gasteiger partial charge in [-0.2, -0.15) is 0 Å². The fourth-order valence-electron chi connectivity index (χ4n) is 3.49. The number of fused-ring (bicyclic) bond motifs is 1. The van der Waals surface area contributed by atoms with Gasteiger partial charge in [0.15, 0.2) is 0 Å². The standard InChI is InChI=1S/C20H20F3N3O2/c1-25-13-24-17-6-5-15(10-18(17)25)19-12-26(7-8-27-19)11-14-3-2-4-16(9-14)28-20(21,22)23/h2-6,9-10,13,19H,7-8,11-12H2,1H3/t19-/m0/s1. The number of ether oxygens (including phenoxy) is 2.